The zero-order valence-electron chi connectivity index (χ0n) is 14.1. The van der Waals surface area contributed by atoms with Crippen molar-refractivity contribution in [3.05, 3.63) is 78.4 Å². The number of rotatable bonds is 4. The first kappa shape index (κ1) is 16.3. The highest BCUT2D eigenvalue weighted by Gasteiger charge is 2.12. The van der Waals surface area contributed by atoms with Gasteiger partial charge < -0.3 is 10.1 Å². The Bertz CT molecular complexity index is 1040. The minimum Gasteiger partial charge on any atom is -0.496 e. The van der Waals surface area contributed by atoms with E-state index < -0.39 is 0 Å². The Morgan fingerprint density at radius 3 is 2.46 bits per heavy atom. The van der Waals surface area contributed by atoms with Crippen LogP contribution in [0.15, 0.2) is 72.8 Å². The van der Waals surface area contributed by atoms with Gasteiger partial charge in [0.1, 0.15) is 10.8 Å². The van der Waals surface area contributed by atoms with Crippen LogP contribution in [0.2, 0.25) is 0 Å². The van der Waals surface area contributed by atoms with Crippen LogP contribution in [0.4, 0.5) is 5.69 Å². The molecule has 1 aromatic heterocycles. The largest absolute Gasteiger partial charge is 0.496 e. The number of aromatic nitrogens is 1. The molecule has 1 amide bonds. The van der Waals surface area contributed by atoms with Gasteiger partial charge in [-0.2, -0.15) is 0 Å². The zero-order chi connectivity index (χ0) is 17.9. The standard InChI is InChI=1S/C21H16N2O2S/c1-25-18-8-4-2-6-16(18)20(24)22-15-12-10-14(11-13-15)21-23-17-7-3-5-9-19(17)26-21/h2-13H,1H3,(H,22,24). The SMILES string of the molecule is COc1ccccc1C(=O)Nc1ccc(-c2nc3ccccc3s2)cc1. The number of ether oxygens (including phenoxy) is 1. The second-order valence-corrected chi connectivity index (χ2v) is 6.75. The normalized spacial score (nSPS) is 10.7. The third-order valence-electron chi connectivity index (χ3n) is 4.04. The number of hydrogen-bond acceptors (Lipinski definition) is 4. The molecule has 0 saturated carbocycles. The molecule has 4 nitrogen and oxygen atoms in total. The number of anilines is 1. The van der Waals surface area contributed by atoms with Crippen molar-refractivity contribution in [3.8, 4) is 16.3 Å². The number of amides is 1. The van der Waals surface area contributed by atoms with Gasteiger partial charge in [-0.25, -0.2) is 4.98 Å². The van der Waals surface area contributed by atoms with Crippen molar-refractivity contribution in [2.75, 3.05) is 12.4 Å². The van der Waals surface area contributed by atoms with Crippen molar-refractivity contribution in [1.82, 2.24) is 4.98 Å². The van der Waals surface area contributed by atoms with Gasteiger partial charge in [0.2, 0.25) is 0 Å². The molecule has 0 spiro atoms. The smallest absolute Gasteiger partial charge is 0.259 e. The molecule has 128 valence electrons. The highest BCUT2D eigenvalue weighted by atomic mass is 32.1. The summed E-state index contributed by atoms with van der Waals surface area (Å²) in [5.74, 6) is 0.353. The van der Waals surface area contributed by atoms with Gasteiger partial charge in [-0.3, -0.25) is 4.79 Å². The van der Waals surface area contributed by atoms with E-state index in [4.69, 9.17) is 4.74 Å². The maximum atomic E-state index is 12.5. The molecule has 0 fully saturated rings. The molecule has 3 aromatic carbocycles. The van der Waals surface area contributed by atoms with Gasteiger partial charge in [0.05, 0.1) is 22.9 Å². The van der Waals surface area contributed by atoms with Gasteiger partial charge in [0.25, 0.3) is 5.91 Å². The van der Waals surface area contributed by atoms with E-state index in [1.165, 1.54) is 0 Å². The Morgan fingerprint density at radius 2 is 1.69 bits per heavy atom. The molecule has 1 heterocycles. The van der Waals surface area contributed by atoms with Crippen LogP contribution < -0.4 is 10.1 Å². The van der Waals surface area contributed by atoms with Crippen molar-refractivity contribution < 1.29 is 9.53 Å². The monoisotopic (exact) mass is 360 g/mol. The lowest BCUT2D eigenvalue weighted by atomic mass is 10.1. The maximum absolute atomic E-state index is 12.5. The summed E-state index contributed by atoms with van der Waals surface area (Å²) in [5.41, 5.74) is 3.26. The third kappa shape index (κ3) is 3.17. The molecule has 26 heavy (non-hydrogen) atoms. The van der Waals surface area contributed by atoms with Gasteiger partial charge in [-0.1, -0.05) is 24.3 Å². The Balaban J connectivity index is 1.55. The number of carbonyl (C=O) groups excluding carboxylic acids is 1. The number of para-hydroxylation sites is 2. The molecule has 0 aliphatic carbocycles. The summed E-state index contributed by atoms with van der Waals surface area (Å²) in [7, 11) is 1.55. The molecule has 5 heteroatoms. The van der Waals surface area contributed by atoms with Crippen LogP contribution in [0.25, 0.3) is 20.8 Å². The number of benzene rings is 3. The second kappa shape index (κ2) is 6.98. The first-order valence-corrected chi connectivity index (χ1v) is 8.96. The van der Waals surface area contributed by atoms with Crippen molar-refractivity contribution in [3.63, 3.8) is 0 Å². The van der Waals surface area contributed by atoms with E-state index in [0.717, 1.165) is 26.5 Å². The number of methoxy groups -OCH3 is 1. The van der Waals surface area contributed by atoms with E-state index in [9.17, 15) is 4.79 Å². The topological polar surface area (TPSA) is 51.2 Å². The molecule has 1 N–H and O–H groups in total. The minimum atomic E-state index is -0.199. The first-order valence-electron chi connectivity index (χ1n) is 8.15. The zero-order valence-corrected chi connectivity index (χ0v) is 14.9. The molecule has 0 bridgehead atoms. The number of fused-ring (bicyclic) bond motifs is 1. The lowest BCUT2D eigenvalue weighted by Gasteiger charge is -2.09. The van der Waals surface area contributed by atoms with Crippen LogP contribution in [0, 0.1) is 0 Å². The van der Waals surface area contributed by atoms with Gasteiger partial charge in [0, 0.05) is 11.3 Å². The predicted octanol–water partition coefficient (Wildman–Crippen LogP) is 5.22. The van der Waals surface area contributed by atoms with Crippen LogP contribution in [0.3, 0.4) is 0 Å². The van der Waals surface area contributed by atoms with Gasteiger partial charge >= 0.3 is 0 Å². The fraction of sp³-hybridized carbons (Fsp3) is 0.0476. The molecule has 0 atom stereocenters. The Labute approximate surface area is 155 Å². The van der Waals surface area contributed by atoms with E-state index in [2.05, 4.69) is 16.4 Å². The predicted molar refractivity (Wildman–Crippen MR) is 106 cm³/mol. The molecule has 4 rings (SSSR count). The van der Waals surface area contributed by atoms with Crippen molar-refractivity contribution in [1.29, 1.82) is 0 Å². The lowest BCUT2D eigenvalue weighted by molar-refractivity contribution is 0.102. The summed E-state index contributed by atoms with van der Waals surface area (Å²) in [6, 6.07) is 22.9. The van der Waals surface area contributed by atoms with Crippen molar-refractivity contribution in [2.24, 2.45) is 0 Å². The number of nitrogens with one attached hydrogen (secondary N) is 1. The van der Waals surface area contributed by atoms with Gasteiger partial charge in [0.15, 0.2) is 0 Å². The maximum Gasteiger partial charge on any atom is 0.259 e. The fourth-order valence-corrected chi connectivity index (χ4v) is 3.69. The van der Waals surface area contributed by atoms with E-state index in [0.29, 0.717) is 11.3 Å². The van der Waals surface area contributed by atoms with Crippen LogP contribution in [0.1, 0.15) is 10.4 Å². The summed E-state index contributed by atoms with van der Waals surface area (Å²) in [6.07, 6.45) is 0. The summed E-state index contributed by atoms with van der Waals surface area (Å²) in [5, 5.41) is 3.87. The van der Waals surface area contributed by atoms with Crippen LogP contribution in [-0.4, -0.2) is 18.0 Å². The first-order chi connectivity index (χ1) is 12.7. The van der Waals surface area contributed by atoms with E-state index >= 15 is 0 Å². The fourth-order valence-electron chi connectivity index (χ4n) is 2.72. The summed E-state index contributed by atoms with van der Waals surface area (Å²) in [6.45, 7) is 0. The van der Waals surface area contributed by atoms with Crippen LogP contribution in [0.5, 0.6) is 5.75 Å². The number of thiazole rings is 1. The quantitative estimate of drug-likeness (QED) is 0.542. The molecule has 0 radical (unpaired) electrons. The lowest BCUT2D eigenvalue weighted by Crippen LogP contribution is -2.12. The van der Waals surface area contributed by atoms with Gasteiger partial charge in [-0.05, 0) is 48.5 Å². The molecule has 4 aromatic rings. The molecule has 0 aliphatic rings. The molecule has 0 unspecified atom stereocenters. The Hall–Kier alpha value is -3.18. The number of hydrogen-bond donors (Lipinski definition) is 1. The Morgan fingerprint density at radius 1 is 0.962 bits per heavy atom. The van der Waals surface area contributed by atoms with E-state index in [1.807, 2.05) is 54.6 Å². The number of carbonyl (C=O) groups is 1. The second-order valence-electron chi connectivity index (χ2n) is 5.72. The van der Waals surface area contributed by atoms with Crippen LogP contribution >= 0.6 is 11.3 Å². The highest BCUT2D eigenvalue weighted by molar-refractivity contribution is 7.21. The average molecular weight is 360 g/mol. The summed E-state index contributed by atoms with van der Waals surface area (Å²) >= 11 is 1.66. The Kier molecular flexibility index (Phi) is 4.37. The van der Waals surface area contributed by atoms with E-state index in [-0.39, 0.29) is 5.91 Å². The van der Waals surface area contributed by atoms with E-state index in [1.54, 1.807) is 30.6 Å². The summed E-state index contributed by atoms with van der Waals surface area (Å²) < 4.78 is 6.41. The molecular weight excluding hydrogens is 344 g/mol. The molecular formula is C21H16N2O2S. The molecule has 0 saturated heterocycles. The molecule has 0 aliphatic heterocycles. The summed E-state index contributed by atoms with van der Waals surface area (Å²) in [4.78, 5) is 17.1. The minimum absolute atomic E-state index is 0.199. The number of nitrogens with zero attached hydrogens (tertiary/aromatic N) is 1. The average Bonchev–Trinajstić information content (AvgIpc) is 3.12. The third-order valence-corrected chi connectivity index (χ3v) is 5.12. The van der Waals surface area contributed by atoms with Crippen LogP contribution in [-0.2, 0) is 0 Å². The highest BCUT2D eigenvalue weighted by Crippen LogP contribution is 2.30. The van der Waals surface area contributed by atoms with Crippen molar-refractivity contribution >= 4 is 33.1 Å². The van der Waals surface area contributed by atoms with Crippen molar-refractivity contribution in [2.45, 2.75) is 0 Å². The van der Waals surface area contributed by atoms with Gasteiger partial charge in [-0.15, -0.1) is 11.3 Å².